The van der Waals surface area contributed by atoms with Crippen LogP contribution in [-0.2, 0) is 9.84 Å². The number of fused-ring (bicyclic) bond motifs is 1. The average molecular weight is 383 g/mol. The lowest BCUT2D eigenvalue weighted by atomic mass is 10.1. The zero-order chi connectivity index (χ0) is 18.3. The molecule has 0 N–H and O–H groups in total. The van der Waals surface area contributed by atoms with Gasteiger partial charge in [-0.1, -0.05) is 41.9 Å². The van der Waals surface area contributed by atoms with Crippen LogP contribution in [0.5, 0.6) is 0 Å². The first-order valence-electron chi connectivity index (χ1n) is 7.98. The van der Waals surface area contributed by atoms with Crippen LogP contribution in [0.3, 0.4) is 0 Å². The summed E-state index contributed by atoms with van der Waals surface area (Å²) in [5, 5.41) is 6.39. The monoisotopic (exact) mass is 382 g/mol. The van der Waals surface area contributed by atoms with Crippen LogP contribution in [0.2, 0.25) is 5.02 Å². The summed E-state index contributed by atoms with van der Waals surface area (Å²) in [6.45, 7) is 0. The third-order valence-electron chi connectivity index (χ3n) is 4.21. The highest BCUT2D eigenvalue weighted by molar-refractivity contribution is 7.90. The van der Waals surface area contributed by atoms with Crippen molar-refractivity contribution < 1.29 is 8.42 Å². The van der Waals surface area contributed by atoms with Crippen molar-refractivity contribution in [3.05, 3.63) is 77.8 Å². The van der Waals surface area contributed by atoms with Crippen molar-refractivity contribution in [2.24, 2.45) is 0 Å². The molecule has 0 atom stereocenters. The Bertz CT molecular complexity index is 1200. The quantitative estimate of drug-likeness (QED) is 0.513. The van der Waals surface area contributed by atoms with Crippen LogP contribution in [0.15, 0.2) is 77.7 Å². The van der Waals surface area contributed by atoms with Gasteiger partial charge in [-0.2, -0.15) is 5.10 Å². The molecule has 4 aromatic rings. The first kappa shape index (κ1) is 16.8. The summed E-state index contributed by atoms with van der Waals surface area (Å²) in [7, 11) is -3.24. The molecule has 26 heavy (non-hydrogen) atoms. The van der Waals surface area contributed by atoms with Gasteiger partial charge in [-0.3, -0.25) is 0 Å². The molecule has 0 spiro atoms. The number of hydrogen-bond donors (Lipinski definition) is 0. The molecular weight excluding hydrogens is 368 g/mol. The van der Waals surface area contributed by atoms with Gasteiger partial charge < -0.3 is 0 Å². The number of nitrogens with zero attached hydrogens (tertiary/aromatic N) is 2. The molecule has 0 fully saturated rings. The molecule has 0 aliphatic rings. The van der Waals surface area contributed by atoms with Crippen molar-refractivity contribution >= 4 is 32.3 Å². The van der Waals surface area contributed by atoms with Crippen LogP contribution in [0.4, 0.5) is 0 Å². The van der Waals surface area contributed by atoms with Gasteiger partial charge >= 0.3 is 0 Å². The lowest BCUT2D eigenvalue weighted by molar-refractivity contribution is 0.602. The van der Waals surface area contributed by atoms with E-state index in [0.29, 0.717) is 5.02 Å². The second-order valence-electron chi connectivity index (χ2n) is 6.05. The van der Waals surface area contributed by atoms with Crippen molar-refractivity contribution in [2.75, 3.05) is 6.26 Å². The molecule has 0 aliphatic heterocycles. The second kappa shape index (κ2) is 6.27. The van der Waals surface area contributed by atoms with E-state index in [4.69, 9.17) is 16.7 Å². The van der Waals surface area contributed by atoms with E-state index in [-0.39, 0.29) is 4.90 Å². The molecule has 130 valence electrons. The second-order valence-corrected chi connectivity index (χ2v) is 8.50. The van der Waals surface area contributed by atoms with Crippen LogP contribution < -0.4 is 0 Å². The molecular formula is C20H15ClN2O2S. The Morgan fingerprint density at radius 2 is 1.54 bits per heavy atom. The normalized spacial score (nSPS) is 11.8. The van der Waals surface area contributed by atoms with E-state index in [9.17, 15) is 8.42 Å². The summed E-state index contributed by atoms with van der Waals surface area (Å²) >= 11 is 6.03. The van der Waals surface area contributed by atoms with Crippen LogP contribution in [0, 0.1) is 0 Å². The highest BCUT2D eigenvalue weighted by atomic mass is 35.5. The lowest BCUT2D eigenvalue weighted by Gasteiger charge is -2.09. The first-order chi connectivity index (χ1) is 12.4. The SMILES string of the molecule is CS(=O)(=O)c1ccc(-n2nc3ccccc3c2-c2ccc(Cl)cc2)cc1. The molecule has 0 aliphatic carbocycles. The van der Waals surface area contributed by atoms with E-state index in [1.165, 1.54) is 6.26 Å². The van der Waals surface area contributed by atoms with Gasteiger partial charge in [0.1, 0.15) is 0 Å². The fourth-order valence-electron chi connectivity index (χ4n) is 2.94. The largest absolute Gasteiger partial charge is 0.232 e. The van der Waals surface area contributed by atoms with Crippen molar-refractivity contribution in [1.82, 2.24) is 9.78 Å². The van der Waals surface area contributed by atoms with E-state index in [2.05, 4.69) is 0 Å². The lowest BCUT2D eigenvalue weighted by Crippen LogP contribution is -2.01. The molecule has 0 saturated carbocycles. The van der Waals surface area contributed by atoms with Crippen molar-refractivity contribution in [2.45, 2.75) is 4.90 Å². The van der Waals surface area contributed by atoms with Crippen LogP contribution in [0.1, 0.15) is 0 Å². The topological polar surface area (TPSA) is 52.0 Å². The van der Waals surface area contributed by atoms with E-state index in [0.717, 1.165) is 27.8 Å². The minimum absolute atomic E-state index is 0.283. The van der Waals surface area contributed by atoms with Gasteiger partial charge in [-0.15, -0.1) is 0 Å². The maximum Gasteiger partial charge on any atom is 0.175 e. The first-order valence-corrected chi connectivity index (χ1v) is 10.2. The van der Waals surface area contributed by atoms with Crippen molar-refractivity contribution in [3.63, 3.8) is 0 Å². The van der Waals surface area contributed by atoms with Gasteiger partial charge in [-0.25, -0.2) is 13.1 Å². The van der Waals surface area contributed by atoms with E-state index < -0.39 is 9.84 Å². The maximum atomic E-state index is 11.7. The third-order valence-corrected chi connectivity index (χ3v) is 5.59. The minimum atomic E-state index is -3.24. The van der Waals surface area contributed by atoms with Gasteiger partial charge in [0.25, 0.3) is 0 Å². The molecule has 4 nitrogen and oxygen atoms in total. The predicted octanol–water partition coefficient (Wildman–Crippen LogP) is 4.75. The number of sulfone groups is 1. The molecule has 0 saturated heterocycles. The summed E-state index contributed by atoms with van der Waals surface area (Å²) in [6.07, 6.45) is 1.20. The molecule has 3 aromatic carbocycles. The van der Waals surface area contributed by atoms with Crippen LogP contribution >= 0.6 is 11.6 Å². The summed E-state index contributed by atoms with van der Waals surface area (Å²) < 4.78 is 25.2. The van der Waals surface area contributed by atoms with Gasteiger partial charge in [0.15, 0.2) is 9.84 Å². The Hall–Kier alpha value is -2.63. The van der Waals surface area contributed by atoms with E-state index in [1.807, 2.05) is 53.2 Å². The fourth-order valence-corrected chi connectivity index (χ4v) is 3.70. The summed E-state index contributed by atoms with van der Waals surface area (Å²) in [4.78, 5) is 0.283. The molecule has 1 heterocycles. The Balaban J connectivity index is 1.95. The van der Waals surface area contributed by atoms with E-state index in [1.54, 1.807) is 24.3 Å². The average Bonchev–Trinajstić information content (AvgIpc) is 3.01. The zero-order valence-corrected chi connectivity index (χ0v) is 15.5. The predicted molar refractivity (Wildman–Crippen MR) is 105 cm³/mol. The van der Waals surface area contributed by atoms with Crippen molar-refractivity contribution in [3.8, 4) is 16.9 Å². The smallest absolute Gasteiger partial charge is 0.175 e. The Morgan fingerprint density at radius 1 is 0.885 bits per heavy atom. The highest BCUT2D eigenvalue weighted by Gasteiger charge is 2.15. The number of aromatic nitrogens is 2. The van der Waals surface area contributed by atoms with Gasteiger partial charge in [0.2, 0.25) is 0 Å². The van der Waals surface area contributed by atoms with Crippen LogP contribution in [0.25, 0.3) is 27.8 Å². The molecule has 0 radical (unpaired) electrons. The molecule has 0 bridgehead atoms. The standard InChI is InChI=1S/C20H15ClN2O2S/c1-26(24,25)17-12-10-16(11-13-17)23-20(14-6-8-15(21)9-7-14)18-4-2-3-5-19(18)22-23/h2-13H,1H3. The van der Waals surface area contributed by atoms with Crippen LogP contribution in [-0.4, -0.2) is 24.5 Å². The maximum absolute atomic E-state index is 11.7. The molecule has 1 aromatic heterocycles. The molecule has 0 amide bonds. The molecule has 0 unspecified atom stereocenters. The Labute approximate surface area is 156 Å². The van der Waals surface area contributed by atoms with Gasteiger partial charge in [-0.05, 0) is 42.5 Å². The minimum Gasteiger partial charge on any atom is -0.232 e. The Kier molecular flexibility index (Phi) is 4.05. The molecule has 6 heteroatoms. The van der Waals surface area contributed by atoms with Gasteiger partial charge in [0.05, 0.1) is 21.8 Å². The zero-order valence-electron chi connectivity index (χ0n) is 13.9. The summed E-state index contributed by atoms with van der Waals surface area (Å²) in [5.41, 5.74) is 3.57. The Morgan fingerprint density at radius 3 is 2.19 bits per heavy atom. The highest BCUT2D eigenvalue weighted by Crippen LogP contribution is 2.32. The summed E-state index contributed by atoms with van der Waals surface area (Å²) in [6, 6.07) is 22.2. The number of hydrogen-bond acceptors (Lipinski definition) is 3. The number of rotatable bonds is 3. The number of benzene rings is 3. The number of halogens is 1. The van der Waals surface area contributed by atoms with E-state index >= 15 is 0 Å². The third kappa shape index (κ3) is 3.00. The van der Waals surface area contributed by atoms with Gasteiger partial charge in [0, 0.05) is 22.2 Å². The summed E-state index contributed by atoms with van der Waals surface area (Å²) in [5.74, 6) is 0. The molecule has 4 rings (SSSR count). The fraction of sp³-hybridized carbons (Fsp3) is 0.0500. The van der Waals surface area contributed by atoms with Crippen molar-refractivity contribution in [1.29, 1.82) is 0 Å².